The van der Waals surface area contributed by atoms with Crippen molar-refractivity contribution in [1.29, 1.82) is 0 Å². The van der Waals surface area contributed by atoms with Gasteiger partial charge in [-0.15, -0.1) is 0 Å². The fraction of sp³-hybridized carbons (Fsp3) is 0.0222. The van der Waals surface area contributed by atoms with Gasteiger partial charge in [-0.2, -0.15) is 0 Å². The quantitative estimate of drug-likeness (QED) is 0.180. The minimum Gasteiger partial charge on any atom is -0.456 e. The molecule has 0 aliphatic carbocycles. The fourth-order valence-corrected chi connectivity index (χ4v) is 6.48. The summed E-state index contributed by atoms with van der Waals surface area (Å²) < 4.78 is 6.29. The Bertz CT molecular complexity index is 2280. The van der Waals surface area contributed by atoms with Crippen molar-refractivity contribution >= 4 is 28.0 Å². The van der Waals surface area contributed by atoms with Gasteiger partial charge in [0, 0.05) is 33.5 Å². The van der Waals surface area contributed by atoms with E-state index in [-0.39, 0.29) is 0 Å². The molecule has 0 aliphatic rings. The zero-order chi connectivity index (χ0) is 31.6. The van der Waals surface area contributed by atoms with Crippen LogP contribution in [0.25, 0.3) is 55.7 Å². The molecule has 1 aromatic heterocycles. The third-order valence-electron chi connectivity index (χ3n) is 8.89. The Labute approximate surface area is 275 Å². The van der Waals surface area contributed by atoms with E-state index in [1.807, 2.05) is 12.1 Å². The van der Waals surface area contributed by atoms with Crippen LogP contribution >= 0.6 is 0 Å². The second-order valence-corrected chi connectivity index (χ2v) is 11.8. The predicted molar refractivity (Wildman–Crippen MR) is 197 cm³/mol. The van der Waals surface area contributed by atoms with E-state index in [0.29, 0.717) is 0 Å². The van der Waals surface area contributed by atoms with Gasteiger partial charge in [-0.3, -0.25) is 0 Å². The van der Waals surface area contributed by atoms with Crippen molar-refractivity contribution in [3.05, 3.63) is 188 Å². The van der Waals surface area contributed by atoms with Crippen LogP contribution in [0, 0.1) is 6.92 Å². The van der Waals surface area contributed by atoms with Gasteiger partial charge in [-0.1, -0.05) is 140 Å². The molecule has 2 heteroatoms. The van der Waals surface area contributed by atoms with E-state index in [1.54, 1.807) is 0 Å². The van der Waals surface area contributed by atoms with Crippen LogP contribution < -0.4 is 4.90 Å². The van der Waals surface area contributed by atoms with Gasteiger partial charge in [0.15, 0.2) is 0 Å². The molecule has 0 N–H and O–H groups in total. The van der Waals surface area contributed by atoms with Crippen molar-refractivity contribution in [2.45, 2.75) is 6.92 Å². The maximum Gasteiger partial charge on any atom is 0.138 e. The Kier molecular flexibility index (Phi) is 7.45. The molecular weight excluding hydrogens is 571 g/mol. The van der Waals surface area contributed by atoms with E-state index in [2.05, 4.69) is 182 Å². The molecule has 47 heavy (non-hydrogen) atoms. The Morgan fingerprint density at radius 1 is 0.404 bits per heavy atom. The number of nitrogens with zero attached hydrogens (tertiary/aromatic N) is 1. The van der Waals surface area contributed by atoms with Gasteiger partial charge in [-0.25, -0.2) is 0 Å². The third kappa shape index (κ3) is 5.51. The average molecular weight is 604 g/mol. The second-order valence-electron chi connectivity index (χ2n) is 11.8. The van der Waals surface area contributed by atoms with Crippen LogP contribution in [0.1, 0.15) is 5.56 Å². The Morgan fingerprint density at radius 3 is 1.70 bits per heavy atom. The summed E-state index contributed by atoms with van der Waals surface area (Å²) in [5.74, 6) is 0.924. The van der Waals surface area contributed by atoms with Crippen LogP contribution in [0.3, 0.4) is 0 Å². The molecule has 0 saturated carbocycles. The van der Waals surface area contributed by atoms with Crippen molar-refractivity contribution in [1.82, 2.24) is 0 Å². The van der Waals surface area contributed by atoms with E-state index in [9.17, 15) is 0 Å². The van der Waals surface area contributed by atoms with Gasteiger partial charge in [-0.05, 0) is 77.2 Å². The van der Waals surface area contributed by atoms with Gasteiger partial charge in [0.25, 0.3) is 0 Å². The highest BCUT2D eigenvalue weighted by atomic mass is 16.3. The van der Waals surface area contributed by atoms with Crippen molar-refractivity contribution in [3.8, 4) is 44.7 Å². The van der Waals surface area contributed by atoms with Crippen LogP contribution in [0.15, 0.2) is 186 Å². The lowest BCUT2D eigenvalue weighted by molar-refractivity contribution is 0.629. The van der Waals surface area contributed by atoms with E-state index in [1.165, 1.54) is 27.8 Å². The molecule has 0 atom stereocenters. The van der Waals surface area contributed by atoms with E-state index >= 15 is 0 Å². The number of para-hydroxylation sites is 3. The first-order valence-electron chi connectivity index (χ1n) is 16.0. The fourth-order valence-electron chi connectivity index (χ4n) is 6.48. The zero-order valence-corrected chi connectivity index (χ0v) is 26.2. The molecule has 224 valence electrons. The van der Waals surface area contributed by atoms with Crippen LogP contribution in [-0.2, 0) is 0 Å². The molecule has 2 nitrogen and oxygen atoms in total. The largest absolute Gasteiger partial charge is 0.456 e. The van der Waals surface area contributed by atoms with Crippen molar-refractivity contribution in [2.24, 2.45) is 0 Å². The molecule has 0 fully saturated rings. The summed E-state index contributed by atoms with van der Waals surface area (Å²) in [4.78, 5) is 2.35. The Morgan fingerprint density at radius 2 is 0.936 bits per heavy atom. The van der Waals surface area contributed by atoms with Gasteiger partial charge in [0.1, 0.15) is 11.3 Å². The molecule has 0 aliphatic heterocycles. The molecule has 0 amide bonds. The van der Waals surface area contributed by atoms with Crippen LogP contribution in [0.4, 0.5) is 17.1 Å². The molecule has 0 unspecified atom stereocenters. The number of rotatable bonds is 7. The third-order valence-corrected chi connectivity index (χ3v) is 8.89. The molecule has 7 aromatic carbocycles. The highest BCUT2D eigenvalue weighted by Gasteiger charge is 2.18. The van der Waals surface area contributed by atoms with Crippen molar-refractivity contribution in [3.63, 3.8) is 0 Å². The lowest BCUT2D eigenvalue weighted by atomic mass is 9.98. The van der Waals surface area contributed by atoms with E-state index < -0.39 is 0 Å². The Balaban J connectivity index is 1.16. The van der Waals surface area contributed by atoms with E-state index in [0.717, 1.165) is 50.5 Å². The maximum absolute atomic E-state index is 6.29. The van der Waals surface area contributed by atoms with Crippen LogP contribution in [-0.4, -0.2) is 0 Å². The summed E-state index contributed by atoms with van der Waals surface area (Å²) in [6.45, 7) is 2.14. The minimum atomic E-state index is 0.920. The molecular formula is C45H33NO. The first-order chi connectivity index (χ1) is 23.2. The topological polar surface area (TPSA) is 16.4 Å². The molecule has 0 spiro atoms. The smallest absolute Gasteiger partial charge is 0.138 e. The SMILES string of the molecule is Cc1c(-c2cccc(-c3ccc(N(c4ccccc4)c4ccccc4-c4ccc(-c5ccccc5)cc4)cc3)c2)oc2ccccc12. The molecule has 0 saturated heterocycles. The Hall–Kier alpha value is -6.12. The van der Waals surface area contributed by atoms with Gasteiger partial charge < -0.3 is 9.32 Å². The second kappa shape index (κ2) is 12.3. The summed E-state index contributed by atoms with van der Waals surface area (Å²) in [7, 11) is 0. The lowest BCUT2D eigenvalue weighted by Gasteiger charge is -2.28. The number of fused-ring (bicyclic) bond motifs is 1. The highest BCUT2D eigenvalue weighted by Crippen LogP contribution is 2.42. The number of furan rings is 1. The van der Waals surface area contributed by atoms with Crippen LogP contribution in [0.2, 0.25) is 0 Å². The first kappa shape index (κ1) is 28.4. The summed E-state index contributed by atoms with van der Waals surface area (Å²) >= 11 is 0. The van der Waals surface area contributed by atoms with Gasteiger partial charge in [0.2, 0.25) is 0 Å². The molecule has 1 heterocycles. The number of anilines is 3. The minimum absolute atomic E-state index is 0.920. The number of aryl methyl sites for hydroxylation is 1. The van der Waals surface area contributed by atoms with Crippen LogP contribution in [0.5, 0.6) is 0 Å². The number of hydrogen-bond acceptors (Lipinski definition) is 2. The summed E-state index contributed by atoms with van der Waals surface area (Å²) in [5, 5.41) is 1.16. The van der Waals surface area contributed by atoms with Crippen molar-refractivity contribution in [2.75, 3.05) is 4.90 Å². The molecule has 0 bridgehead atoms. The predicted octanol–water partition coefficient (Wildman–Crippen LogP) is 12.9. The normalized spacial score (nSPS) is 11.1. The van der Waals surface area contributed by atoms with E-state index in [4.69, 9.17) is 4.42 Å². The summed E-state index contributed by atoms with van der Waals surface area (Å²) in [5.41, 5.74) is 13.6. The first-order valence-corrected chi connectivity index (χ1v) is 16.0. The maximum atomic E-state index is 6.29. The zero-order valence-electron chi connectivity index (χ0n) is 26.2. The van der Waals surface area contributed by atoms with Crippen molar-refractivity contribution < 1.29 is 4.42 Å². The number of benzene rings is 7. The average Bonchev–Trinajstić information content (AvgIpc) is 3.49. The monoisotopic (exact) mass is 603 g/mol. The van der Waals surface area contributed by atoms with Gasteiger partial charge in [0.05, 0.1) is 5.69 Å². The summed E-state index contributed by atoms with van der Waals surface area (Å²) in [6, 6.07) is 64.4. The lowest BCUT2D eigenvalue weighted by Crippen LogP contribution is -2.11. The molecule has 0 radical (unpaired) electrons. The highest BCUT2D eigenvalue weighted by molar-refractivity contribution is 5.90. The number of hydrogen-bond donors (Lipinski definition) is 0. The molecule has 8 rings (SSSR count). The standard InChI is InChI=1S/C45H33NO/c1-32-41-19-9-11-22-44(41)47-45(32)38-16-12-15-37(31-38)35-27-29-40(30-28-35)46(39-17-6-3-7-18-39)43-21-10-8-20-42(43)36-25-23-34(24-26-36)33-13-4-2-5-14-33/h2-31H,1H3. The summed E-state index contributed by atoms with van der Waals surface area (Å²) in [6.07, 6.45) is 0. The van der Waals surface area contributed by atoms with Gasteiger partial charge >= 0.3 is 0 Å². The molecule has 8 aromatic rings.